The van der Waals surface area contributed by atoms with Gasteiger partial charge >= 0.3 is 5.97 Å². The Bertz CT molecular complexity index is 575. The summed E-state index contributed by atoms with van der Waals surface area (Å²) in [4.78, 5) is 21.3. The summed E-state index contributed by atoms with van der Waals surface area (Å²) in [5, 5.41) is 11.1. The average molecular weight is 302 g/mol. The molecule has 0 spiro atoms. The van der Waals surface area contributed by atoms with Crippen molar-refractivity contribution in [2.45, 2.75) is 13.3 Å². The Balaban J connectivity index is 3.00. The minimum atomic E-state index is -0.614. The van der Waals surface area contributed by atoms with Crippen molar-refractivity contribution < 1.29 is 14.5 Å². The lowest BCUT2D eigenvalue weighted by Crippen LogP contribution is -2.01. The van der Waals surface area contributed by atoms with Crippen molar-refractivity contribution in [1.29, 1.82) is 0 Å². The van der Waals surface area contributed by atoms with Crippen LogP contribution >= 0.6 is 23.2 Å². The summed E-state index contributed by atoms with van der Waals surface area (Å²) in [6.45, 7) is 1.93. The van der Waals surface area contributed by atoms with Gasteiger partial charge in [-0.2, -0.15) is 0 Å². The zero-order valence-corrected chi connectivity index (χ0v) is 11.4. The van der Waals surface area contributed by atoms with Gasteiger partial charge in [0.05, 0.1) is 21.6 Å². The van der Waals surface area contributed by atoms with Gasteiger partial charge in [0.2, 0.25) is 0 Å². The number of halogens is 2. The molecule has 100 valence electrons. The van der Waals surface area contributed by atoms with Crippen molar-refractivity contribution >= 4 is 34.9 Å². The van der Waals surface area contributed by atoms with E-state index in [9.17, 15) is 14.9 Å². The van der Waals surface area contributed by atoms with Gasteiger partial charge in [0.1, 0.15) is 12.0 Å². The molecule has 0 saturated carbocycles. The smallest absolute Gasteiger partial charge is 0.317 e. The van der Waals surface area contributed by atoms with Crippen LogP contribution in [-0.2, 0) is 9.53 Å². The predicted molar refractivity (Wildman–Crippen MR) is 71.2 cm³/mol. The van der Waals surface area contributed by atoms with E-state index in [-0.39, 0.29) is 34.3 Å². The molecule has 0 N–H and O–H groups in total. The number of benzene rings is 1. The highest BCUT2D eigenvalue weighted by Gasteiger charge is 2.15. The molecule has 1 aromatic carbocycles. The Morgan fingerprint density at radius 3 is 2.63 bits per heavy atom. The van der Waals surface area contributed by atoms with E-state index in [1.165, 1.54) is 6.07 Å². The van der Waals surface area contributed by atoms with Crippen molar-refractivity contribution in [2.75, 3.05) is 6.61 Å². The maximum Gasteiger partial charge on any atom is 0.317 e. The fourth-order valence-corrected chi connectivity index (χ4v) is 1.53. The van der Waals surface area contributed by atoms with E-state index < -0.39 is 10.9 Å². The second-order valence-corrected chi connectivity index (χ2v) is 4.14. The zero-order chi connectivity index (χ0) is 14.4. The van der Waals surface area contributed by atoms with E-state index >= 15 is 0 Å². The first-order valence-electron chi connectivity index (χ1n) is 5.23. The lowest BCUT2D eigenvalue weighted by molar-refractivity contribution is -0.385. The molecule has 1 aromatic rings. The largest absolute Gasteiger partial charge is 0.465 e. The van der Waals surface area contributed by atoms with Gasteiger partial charge in [-0.1, -0.05) is 35.0 Å². The number of carbonyl (C=O) groups is 1. The van der Waals surface area contributed by atoms with Crippen LogP contribution in [0.25, 0.3) is 0 Å². The Kier molecular flexibility index (Phi) is 5.61. The van der Waals surface area contributed by atoms with Crippen LogP contribution in [0.3, 0.4) is 0 Å². The van der Waals surface area contributed by atoms with Crippen LogP contribution in [0.15, 0.2) is 12.1 Å². The minimum Gasteiger partial charge on any atom is -0.465 e. The highest BCUT2D eigenvalue weighted by atomic mass is 35.5. The van der Waals surface area contributed by atoms with Crippen LogP contribution in [0.4, 0.5) is 5.69 Å². The first kappa shape index (κ1) is 15.3. The summed E-state index contributed by atoms with van der Waals surface area (Å²) in [6.07, 6.45) is -0.148. The molecule has 0 heterocycles. The van der Waals surface area contributed by atoms with E-state index in [0.29, 0.717) is 0 Å². The summed E-state index contributed by atoms with van der Waals surface area (Å²) in [5.74, 6) is 4.53. The van der Waals surface area contributed by atoms with Crippen LogP contribution < -0.4 is 0 Å². The normalized spacial score (nSPS) is 9.42. The molecule has 5 nitrogen and oxygen atoms in total. The molecule has 1 rings (SSSR count). The second kappa shape index (κ2) is 6.98. The fraction of sp³-hybridized carbons (Fsp3) is 0.250. The SMILES string of the molecule is CCOC(=O)CC#Cc1cc(Cl)c(Cl)cc1[N+](=O)[O-]. The molecule has 19 heavy (non-hydrogen) atoms. The molecule has 0 aliphatic rings. The molecule has 0 bridgehead atoms. The number of ether oxygens (including phenoxy) is 1. The summed E-state index contributed by atoms with van der Waals surface area (Å²) >= 11 is 11.5. The van der Waals surface area contributed by atoms with E-state index in [1.807, 2.05) is 0 Å². The van der Waals surface area contributed by atoms with E-state index in [1.54, 1.807) is 6.92 Å². The molecule has 0 fully saturated rings. The van der Waals surface area contributed by atoms with Crippen LogP contribution in [-0.4, -0.2) is 17.5 Å². The average Bonchev–Trinajstić information content (AvgIpc) is 2.33. The first-order chi connectivity index (χ1) is 8.95. The van der Waals surface area contributed by atoms with Gasteiger partial charge in [-0.15, -0.1) is 0 Å². The number of nitrogens with zero attached hydrogens (tertiary/aromatic N) is 1. The van der Waals surface area contributed by atoms with E-state index in [4.69, 9.17) is 23.2 Å². The number of hydrogen-bond donors (Lipinski definition) is 0. The van der Waals surface area contributed by atoms with Crippen molar-refractivity contribution in [3.8, 4) is 11.8 Å². The third-order valence-corrected chi connectivity index (χ3v) is 2.72. The Morgan fingerprint density at radius 1 is 1.42 bits per heavy atom. The molecule has 0 atom stereocenters. The molecule has 0 radical (unpaired) electrons. The van der Waals surface area contributed by atoms with Gasteiger partial charge in [-0.3, -0.25) is 14.9 Å². The monoisotopic (exact) mass is 301 g/mol. The number of hydrogen-bond acceptors (Lipinski definition) is 4. The molecular formula is C12H9Cl2NO4. The number of nitro groups is 1. The van der Waals surface area contributed by atoms with Crippen LogP contribution in [0.1, 0.15) is 18.9 Å². The number of esters is 1. The molecule has 0 saturated heterocycles. The molecule has 0 aliphatic carbocycles. The van der Waals surface area contributed by atoms with Gasteiger partial charge in [0.15, 0.2) is 0 Å². The summed E-state index contributed by atoms with van der Waals surface area (Å²) < 4.78 is 4.68. The molecule has 0 aliphatic heterocycles. The Labute approximate surface area is 119 Å². The third kappa shape index (κ3) is 4.43. The van der Waals surface area contributed by atoms with E-state index in [2.05, 4.69) is 16.6 Å². The topological polar surface area (TPSA) is 69.4 Å². The van der Waals surface area contributed by atoms with E-state index in [0.717, 1.165) is 6.07 Å². The van der Waals surface area contributed by atoms with Crippen LogP contribution in [0.5, 0.6) is 0 Å². The molecule has 0 aromatic heterocycles. The zero-order valence-electron chi connectivity index (χ0n) is 9.91. The van der Waals surface area contributed by atoms with Crippen LogP contribution in [0, 0.1) is 22.0 Å². The molecule has 0 amide bonds. The second-order valence-electron chi connectivity index (χ2n) is 3.32. The van der Waals surface area contributed by atoms with Crippen LogP contribution in [0.2, 0.25) is 10.0 Å². The lowest BCUT2D eigenvalue weighted by atomic mass is 10.2. The maximum absolute atomic E-state index is 11.1. The number of nitro benzene ring substituents is 1. The van der Waals surface area contributed by atoms with Gasteiger partial charge in [-0.25, -0.2) is 0 Å². The third-order valence-electron chi connectivity index (χ3n) is 2.00. The van der Waals surface area contributed by atoms with Gasteiger partial charge < -0.3 is 4.74 Å². The molecular weight excluding hydrogens is 293 g/mol. The molecule has 0 unspecified atom stereocenters. The highest BCUT2D eigenvalue weighted by molar-refractivity contribution is 6.42. The Hall–Kier alpha value is -1.77. The van der Waals surface area contributed by atoms with Crippen molar-refractivity contribution in [3.63, 3.8) is 0 Å². The standard InChI is InChI=1S/C12H9Cl2NO4/c1-2-19-12(16)5-3-4-8-6-9(13)10(14)7-11(8)15(17)18/h6-7H,2,5H2,1H3. The van der Waals surface area contributed by atoms with Crippen molar-refractivity contribution in [3.05, 3.63) is 37.9 Å². The van der Waals surface area contributed by atoms with Gasteiger partial charge in [-0.05, 0) is 13.0 Å². The summed E-state index contributed by atoms with van der Waals surface area (Å²) in [6, 6.07) is 2.42. The highest BCUT2D eigenvalue weighted by Crippen LogP contribution is 2.29. The number of carbonyl (C=O) groups excluding carboxylic acids is 1. The Morgan fingerprint density at radius 2 is 2.05 bits per heavy atom. The quantitative estimate of drug-likeness (QED) is 0.372. The number of rotatable bonds is 3. The lowest BCUT2D eigenvalue weighted by Gasteiger charge is -1.99. The van der Waals surface area contributed by atoms with Gasteiger partial charge in [0.25, 0.3) is 5.69 Å². The fourth-order valence-electron chi connectivity index (χ4n) is 1.21. The minimum absolute atomic E-state index is 0.0734. The van der Waals surface area contributed by atoms with Gasteiger partial charge in [0, 0.05) is 6.07 Å². The molecule has 7 heteroatoms. The first-order valence-corrected chi connectivity index (χ1v) is 5.99. The summed E-state index contributed by atoms with van der Waals surface area (Å²) in [5.41, 5.74) is -0.158. The van der Waals surface area contributed by atoms with Crippen molar-refractivity contribution in [2.24, 2.45) is 0 Å². The predicted octanol–water partition coefficient (Wildman–Crippen LogP) is 3.21. The summed E-state index contributed by atoms with van der Waals surface area (Å²) in [7, 11) is 0. The maximum atomic E-state index is 11.1. The van der Waals surface area contributed by atoms with Crippen molar-refractivity contribution in [1.82, 2.24) is 0 Å².